The zero-order valence-corrected chi connectivity index (χ0v) is 19.8. The number of methoxy groups -OCH3 is 2. The second-order valence-electron chi connectivity index (χ2n) is 8.54. The lowest BCUT2D eigenvalue weighted by Crippen LogP contribution is -2.40. The van der Waals surface area contributed by atoms with E-state index >= 15 is 0 Å². The highest BCUT2D eigenvalue weighted by Crippen LogP contribution is 2.43. The van der Waals surface area contributed by atoms with Gasteiger partial charge in [-0.15, -0.1) is 0 Å². The number of allylic oxidation sites excluding steroid dienone is 1. The quantitative estimate of drug-likeness (QED) is 0.322. The highest BCUT2D eigenvalue weighted by molar-refractivity contribution is 6.20. The van der Waals surface area contributed by atoms with Gasteiger partial charge >= 0.3 is 0 Å². The van der Waals surface area contributed by atoms with Gasteiger partial charge in [-0.2, -0.15) is 0 Å². The van der Waals surface area contributed by atoms with Crippen molar-refractivity contribution in [1.82, 2.24) is 0 Å². The van der Waals surface area contributed by atoms with E-state index in [1.807, 2.05) is 91.9 Å². The van der Waals surface area contributed by atoms with E-state index in [-0.39, 0.29) is 11.7 Å². The molecule has 0 N–H and O–H groups in total. The van der Waals surface area contributed by atoms with E-state index < -0.39 is 5.41 Å². The van der Waals surface area contributed by atoms with E-state index in [1.54, 1.807) is 19.1 Å². The number of rotatable bonds is 8. The molecule has 5 heteroatoms. The Hall–Kier alpha value is -3.86. The molecule has 5 nitrogen and oxygen atoms in total. The number of Topliss-reactive ketones (excluding diaryl/α,β-unsaturated/α-hetero) is 1. The number of para-hydroxylation sites is 2. The maximum absolute atomic E-state index is 13.9. The van der Waals surface area contributed by atoms with Gasteiger partial charge in [0.2, 0.25) is 5.91 Å². The Morgan fingerprint density at radius 2 is 1.68 bits per heavy atom. The molecule has 1 aliphatic heterocycles. The third-order valence-electron chi connectivity index (χ3n) is 6.43. The molecule has 0 bridgehead atoms. The molecule has 0 radical (unpaired) electrons. The van der Waals surface area contributed by atoms with E-state index in [0.29, 0.717) is 36.4 Å². The summed E-state index contributed by atoms with van der Waals surface area (Å²) in [7, 11) is 3.21. The first-order valence-corrected chi connectivity index (χ1v) is 11.4. The van der Waals surface area contributed by atoms with E-state index in [9.17, 15) is 9.59 Å². The highest BCUT2D eigenvalue weighted by atomic mass is 16.5. The van der Waals surface area contributed by atoms with Crippen LogP contribution in [-0.4, -0.2) is 32.5 Å². The third kappa shape index (κ3) is 4.46. The summed E-state index contributed by atoms with van der Waals surface area (Å²) in [6.07, 6.45) is 4.62. The number of anilines is 1. The number of amides is 1. The Labute approximate surface area is 200 Å². The van der Waals surface area contributed by atoms with E-state index in [1.165, 1.54) is 0 Å². The molecule has 1 amide bonds. The van der Waals surface area contributed by atoms with Crippen LogP contribution in [0.3, 0.4) is 0 Å². The van der Waals surface area contributed by atoms with Crippen molar-refractivity contribution < 1.29 is 19.1 Å². The van der Waals surface area contributed by atoms with Crippen LogP contribution >= 0.6 is 0 Å². The fraction of sp³-hybridized carbons (Fsp3) is 0.241. The van der Waals surface area contributed by atoms with Gasteiger partial charge in [0.05, 0.1) is 19.9 Å². The fourth-order valence-corrected chi connectivity index (χ4v) is 4.44. The van der Waals surface area contributed by atoms with Crippen LogP contribution in [0.1, 0.15) is 34.3 Å². The summed E-state index contributed by atoms with van der Waals surface area (Å²) < 4.78 is 10.7. The monoisotopic (exact) mass is 455 g/mol. The average Bonchev–Trinajstić information content (AvgIpc) is 3.21. The molecule has 3 aromatic rings. The average molecular weight is 456 g/mol. The molecular formula is C29H29NO4. The molecule has 3 aromatic carbocycles. The van der Waals surface area contributed by atoms with Crippen LogP contribution in [0.25, 0.3) is 6.08 Å². The molecule has 1 aliphatic rings. The second-order valence-corrected chi connectivity index (χ2v) is 8.54. The molecule has 1 atom stereocenters. The van der Waals surface area contributed by atoms with Crippen molar-refractivity contribution in [1.29, 1.82) is 0 Å². The van der Waals surface area contributed by atoms with Gasteiger partial charge in [-0.25, -0.2) is 0 Å². The van der Waals surface area contributed by atoms with Crippen molar-refractivity contribution in [2.45, 2.75) is 19.8 Å². The van der Waals surface area contributed by atoms with Crippen LogP contribution in [-0.2, 0) is 4.79 Å². The van der Waals surface area contributed by atoms with Gasteiger partial charge in [0.15, 0.2) is 5.78 Å². The fourth-order valence-electron chi connectivity index (χ4n) is 4.44. The zero-order valence-electron chi connectivity index (χ0n) is 19.8. The number of ether oxygens (including phenoxy) is 2. The Morgan fingerprint density at radius 1 is 0.971 bits per heavy atom. The summed E-state index contributed by atoms with van der Waals surface area (Å²) in [5, 5.41) is 0. The second kappa shape index (κ2) is 9.96. The van der Waals surface area contributed by atoms with Gasteiger partial charge in [-0.3, -0.25) is 9.59 Å². The number of benzene rings is 3. The molecule has 1 heterocycles. The zero-order chi connectivity index (χ0) is 24.1. The third-order valence-corrected chi connectivity index (χ3v) is 6.43. The summed E-state index contributed by atoms with van der Waals surface area (Å²) >= 11 is 0. The molecule has 1 saturated heterocycles. The highest BCUT2D eigenvalue weighted by Gasteiger charge is 2.52. The van der Waals surface area contributed by atoms with Crippen LogP contribution in [0.5, 0.6) is 11.5 Å². The molecule has 4 rings (SSSR count). The van der Waals surface area contributed by atoms with Crippen molar-refractivity contribution in [3.63, 3.8) is 0 Å². The smallest absolute Gasteiger partial charge is 0.241 e. The first-order chi connectivity index (χ1) is 16.5. The maximum atomic E-state index is 13.9. The number of hydrogen-bond acceptors (Lipinski definition) is 4. The number of nitrogens with zero attached hydrogens (tertiary/aromatic N) is 1. The Kier molecular flexibility index (Phi) is 6.82. The minimum atomic E-state index is -1.17. The molecule has 0 saturated carbocycles. The van der Waals surface area contributed by atoms with Gasteiger partial charge in [-0.1, -0.05) is 66.2 Å². The topological polar surface area (TPSA) is 55.8 Å². The minimum Gasteiger partial charge on any atom is -0.497 e. The Morgan fingerprint density at radius 3 is 2.35 bits per heavy atom. The van der Waals surface area contributed by atoms with E-state index in [0.717, 1.165) is 16.9 Å². The molecule has 34 heavy (non-hydrogen) atoms. The van der Waals surface area contributed by atoms with Gasteiger partial charge in [0.1, 0.15) is 16.9 Å². The minimum absolute atomic E-state index is 0.144. The van der Waals surface area contributed by atoms with Crippen LogP contribution in [0.2, 0.25) is 0 Å². The number of carbonyl (C=O) groups excluding carboxylic acids is 2. The molecule has 1 fully saturated rings. The molecule has 0 aromatic heterocycles. The lowest BCUT2D eigenvalue weighted by atomic mass is 9.75. The molecule has 0 aliphatic carbocycles. The Balaban J connectivity index is 1.68. The van der Waals surface area contributed by atoms with Gasteiger partial charge in [0, 0.05) is 12.1 Å². The Bertz CT molecular complexity index is 1200. The summed E-state index contributed by atoms with van der Waals surface area (Å²) in [5.41, 5.74) is 2.12. The van der Waals surface area contributed by atoms with E-state index in [2.05, 4.69) is 0 Å². The normalized spacial score (nSPS) is 17.9. The number of aryl methyl sites for hydroxylation is 1. The van der Waals surface area contributed by atoms with Gasteiger partial charge < -0.3 is 14.4 Å². The lowest BCUT2D eigenvalue weighted by Gasteiger charge is -2.26. The van der Waals surface area contributed by atoms with Gasteiger partial charge in [-0.05, 0) is 49.6 Å². The van der Waals surface area contributed by atoms with Crippen LogP contribution in [0, 0.1) is 12.3 Å². The van der Waals surface area contributed by atoms with Crippen LogP contribution in [0.15, 0.2) is 78.9 Å². The van der Waals surface area contributed by atoms with Crippen LogP contribution < -0.4 is 14.4 Å². The predicted molar refractivity (Wildman–Crippen MR) is 135 cm³/mol. The summed E-state index contributed by atoms with van der Waals surface area (Å²) in [4.78, 5) is 29.4. The SMILES string of the molecule is COc1ccc(/C=C/C[C@@]2(C(=O)c3ccc(C)cc3)CCN(c3ccccc3OC)C2=O)cc1. The molecule has 174 valence electrons. The summed E-state index contributed by atoms with van der Waals surface area (Å²) in [6.45, 7) is 2.43. The first kappa shape index (κ1) is 23.3. The lowest BCUT2D eigenvalue weighted by molar-refractivity contribution is -0.123. The van der Waals surface area contributed by atoms with Crippen molar-refractivity contribution in [3.8, 4) is 11.5 Å². The van der Waals surface area contributed by atoms with Crippen molar-refractivity contribution in [2.24, 2.45) is 5.41 Å². The largest absolute Gasteiger partial charge is 0.497 e. The number of ketones is 1. The predicted octanol–water partition coefficient (Wildman–Crippen LogP) is 5.72. The molecule has 0 spiro atoms. The molecular weight excluding hydrogens is 426 g/mol. The van der Waals surface area contributed by atoms with Crippen molar-refractivity contribution in [2.75, 3.05) is 25.7 Å². The number of carbonyl (C=O) groups is 2. The summed E-state index contributed by atoms with van der Waals surface area (Å²) in [5.74, 6) is 1.06. The maximum Gasteiger partial charge on any atom is 0.241 e. The summed E-state index contributed by atoms with van der Waals surface area (Å²) in [6, 6.07) is 22.5. The standard InChI is InChI=1S/C29H29NO4/c1-21-10-14-23(15-11-21)27(31)29(18-6-7-22-12-16-24(33-2)17-13-22)19-20-30(28(29)32)25-8-4-5-9-26(25)34-3/h4-17H,18-20H2,1-3H3/b7-6+/t29-/m0/s1. The first-order valence-electron chi connectivity index (χ1n) is 11.4. The van der Waals surface area contributed by atoms with Gasteiger partial charge in [0.25, 0.3) is 0 Å². The number of hydrogen-bond donors (Lipinski definition) is 0. The van der Waals surface area contributed by atoms with Crippen molar-refractivity contribution in [3.05, 3.63) is 95.6 Å². The molecule has 0 unspecified atom stereocenters. The van der Waals surface area contributed by atoms with Crippen LogP contribution in [0.4, 0.5) is 5.69 Å². The van der Waals surface area contributed by atoms with Crippen molar-refractivity contribution >= 4 is 23.5 Å². The van der Waals surface area contributed by atoms with E-state index in [4.69, 9.17) is 9.47 Å².